The highest BCUT2D eigenvalue weighted by Crippen LogP contribution is 2.19. The maximum Gasteiger partial charge on any atom is 0.256 e. The molecule has 0 aliphatic heterocycles. The zero-order valence-electron chi connectivity index (χ0n) is 12.4. The predicted octanol–water partition coefficient (Wildman–Crippen LogP) is 3.87. The molecular weight excluding hydrogens is 260 g/mol. The number of aryl methyl sites for hydroxylation is 2. The van der Waals surface area contributed by atoms with Crippen LogP contribution in [-0.4, -0.2) is 5.91 Å². The van der Waals surface area contributed by atoms with Crippen LogP contribution in [0.5, 0.6) is 0 Å². The van der Waals surface area contributed by atoms with Crippen LogP contribution in [0.2, 0.25) is 0 Å². The second-order valence-corrected chi connectivity index (χ2v) is 4.94. The average molecular weight is 280 g/mol. The van der Waals surface area contributed by atoms with Gasteiger partial charge in [0.05, 0.1) is 0 Å². The third kappa shape index (κ3) is 3.96. The second-order valence-electron chi connectivity index (χ2n) is 4.94. The van der Waals surface area contributed by atoms with E-state index in [1.807, 2.05) is 25.1 Å². The van der Waals surface area contributed by atoms with Crippen LogP contribution in [0.25, 0.3) is 0 Å². The Kier molecular flexibility index (Phi) is 4.77. The molecule has 3 heteroatoms. The molecule has 3 nitrogen and oxygen atoms in total. The lowest BCUT2D eigenvalue weighted by molar-refractivity contribution is 0.0966. The van der Waals surface area contributed by atoms with Gasteiger partial charge in [-0.1, -0.05) is 43.8 Å². The van der Waals surface area contributed by atoms with Gasteiger partial charge < -0.3 is 10.6 Å². The van der Waals surface area contributed by atoms with Crippen molar-refractivity contribution in [2.75, 3.05) is 5.32 Å². The fourth-order valence-electron chi connectivity index (χ4n) is 2.11. The third-order valence-electron chi connectivity index (χ3n) is 3.23. The van der Waals surface area contributed by atoms with Crippen LogP contribution in [0.1, 0.15) is 28.4 Å². The Morgan fingerprint density at radius 1 is 1.14 bits per heavy atom. The number of carbonyl (C=O) groups is 1. The van der Waals surface area contributed by atoms with E-state index in [9.17, 15) is 4.79 Å². The van der Waals surface area contributed by atoms with Gasteiger partial charge in [-0.05, 0) is 42.7 Å². The van der Waals surface area contributed by atoms with Gasteiger partial charge in [0.15, 0.2) is 0 Å². The lowest BCUT2D eigenvalue weighted by atomic mass is 10.1. The van der Waals surface area contributed by atoms with Crippen LogP contribution in [-0.2, 0) is 6.42 Å². The highest BCUT2D eigenvalue weighted by Gasteiger charge is 2.07. The van der Waals surface area contributed by atoms with E-state index in [1.54, 1.807) is 12.1 Å². The standard InChI is InChI=1S/C18H20N2O/c1-4-15-11-10-13(2)12-17(15)19-14(3)20-18(21)16-8-6-5-7-9-16/h5-12,19H,3-4H2,1-2H3,(H,20,21). The number of hydrogen-bond donors (Lipinski definition) is 2. The second kappa shape index (κ2) is 6.75. The van der Waals surface area contributed by atoms with Gasteiger partial charge in [0, 0.05) is 11.3 Å². The van der Waals surface area contributed by atoms with Gasteiger partial charge >= 0.3 is 0 Å². The third-order valence-corrected chi connectivity index (χ3v) is 3.23. The molecule has 0 atom stereocenters. The molecule has 21 heavy (non-hydrogen) atoms. The Morgan fingerprint density at radius 3 is 2.52 bits per heavy atom. The molecular formula is C18H20N2O. The summed E-state index contributed by atoms with van der Waals surface area (Å²) in [6.45, 7) is 8.01. The van der Waals surface area contributed by atoms with Crippen LogP contribution < -0.4 is 10.6 Å². The fourth-order valence-corrected chi connectivity index (χ4v) is 2.11. The summed E-state index contributed by atoms with van der Waals surface area (Å²) in [5.41, 5.74) is 3.95. The van der Waals surface area contributed by atoms with E-state index in [2.05, 4.69) is 42.3 Å². The number of nitrogens with one attached hydrogen (secondary N) is 2. The summed E-state index contributed by atoms with van der Waals surface area (Å²) in [4.78, 5) is 12.1. The van der Waals surface area contributed by atoms with Crippen LogP contribution in [0.15, 0.2) is 60.9 Å². The monoisotopic (exact) mass is 280 g/mol. The molecule has 0 radical (unpaired) electrons. The first kappa shape index (κ1) is 14.9. The predicted molar refractivity (Wildman–Crippen MR) is 87.2 cm³/mol. The molecule has 2 N–H and O–H groups in total. The fraction of sp³-hybridized carbons (Fsp3) is 0.167. The normalized spacial score (nSPS) is 10.0. The summed E-state index contributed by atoms with van der Waals surface area (Å²) in [7, 11) is 0. The number of benzene rings is 2. The molecule has 0 saturated carbocycles. The smallest absolute Gasteiger partial charge is 0.256 e. The van der Waals surface area contributed by atoms with Crippen molar-refractivity contribution in [3.8, 4) is 0 Å². The highest BCUT2D eigenvalue weighted by atomic mass is 16.1. The molecule has 0 bridgehead atoms. The van der Waals surface area contributed by atoms with Crippen molar-refractivity contribution in [3.05, 3.63) is 77.6 Å². The lowest BCUT2D eigenvalue weighted by Gasteiger charge is -2.15. The molecule has 0 spiro atoms. The number of carbonyl (C=O) groups excluding carboxylic acids is 1. The molecule has 2 aromatic rings. The first-order valence-electron chi connectivity index (χ1n) is 7.02. The molecule has 0 aliphatic carbocycles. The van der Waals surface area contributed by atoms with Crippen LogP contribution >= 0.6 is 0 Å². The van der Waals surface area contributed by atoms with E-state index in [0.29, 0.717) is 11.4 Å². The summed E-state index contributed by atoms with van der Waals surface area (Å²) in [5.74, 6) is 0.308. The van der Waals surface area contributed by atoms with Crippen LogP contribution in [0.3, 0.4) is 0 Å². The quantitative estimate of drug-likeness (QED) is 0.873. The van der Waals surface area contributed by atoms with Crippen molar-refractivity contribution in [1.82, 2.24) is 5.32 Å². The largest absolute Gasteiger partial charge is 0.342 e. The van der Waals surface area contributed by atoms with Crippen molar-refractivity contribution >= 4 is 11.6 Å². The van der Waals surface area contributed by atoms with Gasteiger partial charge in [-0.2, -0.15) is 0 Å². The highest BCUT2D eigenvalue weighted by molar-refractivity contribution is 5.95. The van der Waals surface area contributed by atoms with Crippen molar-refractivity contribution < 1.29 is 4.79 Å². The van der Waals surface area contributed by atoms with Crippen molar-refractivity contribution in [1.29, 1.82) is 0 Å². The van der Waals surface area contributed by atoms with Crippen molar-refractivity contribution in [2.45, 2.75) is 20.3 Å². The average Bonchev–Trinajstić information content (AvgIpc) is 2.48. The van der Waals surface area contributed by atoms with Gasteiger partial charge in [0.1, 0.15) is 5.82 Å². The minimum Gasteiger partial charge on any atom is -0.342 e. The molecule has 0 heterocycles. The van der Waals surface area contributed by atoms with Crippen molar-refractivity contribution in [3.63, 3.8) is 0 Å². The zero-order valence-corrected chi connectivity index (χ0v) is 12.4. The molecule has 2 aromatic carbocycles. The Labute approximate surface area is 125 Å². The topological polar surface area (TPSA) is 41.1 Å². The molecule has 0 aliphatic rings. The first-order valence-corrected chi connectivity index (χ1v) is 7.02. The van der Waals surface area contributed by atoms with E-state index in [-0.39, 0.29) is 5.91 Å². The van der Waals surface area contributed by atoms with E-state index in [4.69, 9.17) is 0 Å². The molecule has 0 unspecified atom stereocenters. The van der Waals surface area contributed by atoms with Gasteiger partial charge in [-0.25, -0.2) is 0 Å². The molecule has 0 fully saturated rings. The van der Waals surface area contributed by atoms with E-state index in [0.717, 1.165) is 17.7 Å². The maximum absolute atomic E-state index is 12.1. The summed E-state index contributed by atoms with van der Waals surface area (Å²) < 4.78 is 0. The molecule has 0 aromatic heterocycles. The van der Waals surface area contributed by atoms with Gasteiger partial charge in [-0.15, -0.1) is 0 Å². The maximum atomic E-state index is 12.1. The molecule has 108 valence electrons. The van der Waals surface area contributed by atoms with E-state index in [1.165, 1.54) is 5.56 Å². The number of anilines is 1. The van der Waals surface area contributed by atoms with Gasteiger partial charge in [0.25, 0.3) is 5.91 Å². The van der Waals surface area contributed by atoms with Crippen LogP contribution in [0, 0.1) is 6.92 Å². The number of amides is 1. The zero-order chi connectivity index (χ0) is 15.2. The minimum atomic E-state index is -0.168. The van der Waals surface area contributed by atoms with Crippen LogP contribution in [0.4, 0.5) is 5.69 Å². The molecule has 1 amide bonds. The van der Waals surface area contributed by atoms with Crippen molar-refractivity contribution in [2.24, 2.45) is 0 Å². The number of rotatable bonds is 5. The Balaban J connectivity index is 2.05. The summed E-state index contributed by atoms with van der Waals surface area (Å²) in [6, 6.07) is 15.3. The molecule has 2 rings (SSSR count). The summed E-state index contributed by atoms with van der Waals surface area (Å²) in [5, 5.41) is 5.95. The molecule has 0 saturated heterocycles. The van der Waals surface area contributed by atoms with E-state index >= 15 is 0 Å². The lowest BCUT2D eigenvalue weighted by Crippen LogP contribution is -2.26. The Hall–Kier alpha value is -2.55. The SMILES string of the molecule is C=C(NC(=O)c1ccccc1)Nc1cc(C)ccc1CC. The first-order chi connectivity index (χ1) is 10.1. The summed E-state index contributed by atoms with van der Waals surface area (Å²) >= 11 is 0. The van der Waals surface area contributed by atoms with Gasteiger partial charge in [-0.3, -0.25) is 4.79 Å². The number of hydrogen-bond acceptors (Lipinski definition) is 2. The Morgan fingerprint density at radius 2 is 1.86 bits per heavy atom. The summed E-state index contributed by atoms with van der Waals surface area (Å²) in [6.07, 6.45) is 0.919. The van der Waals surface area contributed by atoms with Gasteiger partial charge in [0.2, 0.25) is 0 Å². The minimum absolute atomic E-state index is 0.168. The Bertz CT molecular complexity index is 648. The van der Waals surface area contributed by atoms with E-state index < -0.39 is 0 Å².